The first-order valence-electron chi connectivity index (χ1n) is 11.6. The van der Waals surface area contributed by atoms with Crippen LogP contribution in [0.25, 0.3) is 11.0 Å². The highest BCUT2D eigenvalue weighted by atomic mass is 16.2. The lowest BCUT2D eigenvalue weighted by molar-refractivity contribution is 0.0615. The van der Waals surface area contributed by atoms with Gasteiger partial charge in [0.1, 0.15) is 5.82 Å². The molecule has 0 bridgehead atoms. The van der Waals surface area contributed by atoms with Gasteiger partial charge in [-0.3, -0.25) is 4.79 Å². The normalized spacial score (nSPS) is 12.3. The van der Waals surface area contributed by atoms with Crippen LogP contribution in [0.3, 0.4) is 0 Å². The van der Waals surface area contributed by atoms with E-state index in [1.54, 1.807) is 0 Å². The first kappa shape index (κ1) is 22.7. The lowest BCUT2D eigenvalue weighted by atomic mass is 9.99. The smallest absolute Gasteiger partial charge is 0.254 e. The molecule has 1 atom stereocenters. The molecule has 0 radical (unpaired) electrons. The van der Waals surface area contributed by atoms with Gasteiger partial charge in [-0.2, -0.15) is 0 Å². The number of fused-ring (bicyclic) bond motifs is 1. The fourth-order valence-corrected chi connectivity index (χ4v) is 4.42. The first-order chi connectivity index (χ1) is 16.0. The molecule has 0 aliphatic rings. The van der Waals surface area contributed by atoms with Crippen LogP contribution in [-0.4, -0.2) is 33.4 Å². The van der Waals surface area contributed by atoms with E-state index in [0.29, 0.717) is 25.2 Å². The summed E-state index contributed by atoms with van der Waals surface area (Å²) in [4.78, 5) is 20.6. The number of rotatable bonds is 8. The van der Waals surface area contributed by atoms with Crippen molar-refractivity contribution in [2.24, 2.45) is 11.7 Å². The number of amides is 1. The molecule has 1 aromatic heterocycles. The number of para-hydroxylation sites is 2. The topological polar surface area (TPSA) is 64.2 Å². The van der Waals surface area contributed by atoms with E-state index in [-0.39, 0.29) is 17.9 Å². The van der Waals surface area contributed by atoms with E-state index in [2.05, 4.69) is 48.7 Å². The van der Waals surface area contributed by atoms with E-state index in [1.807, 2.05) is 60.4 Å². The molecule has 0 fully saturated rings. The Hall–Kier alpha value is -3.44. The van der Waals surface area contributed by atoms with E-state index in [4.69, 9.17) is 10.7 Å². The molecule has 1 amide bonds. The van der Waals surface area contributed by atoms with Crippen molar-refractivity contribution in [2.45, 2.75) is 33.4 Å². The molecular weight excluding hydrogens is 408 g/mol. The maximum absolute atomic E-state index is 13.7. The number of carbonyl (C=O) groups is 1. The Morgan fingerprint density at radius 3 is 2.30 bits per heavy atom. The minimum Gasteiger partial charge on any atom is -0.329 e. The molecule has 0 aliphatic carbocycles. The zero-order chi connectivity index (χ0) is 23.4. The number of carbonyl (C=O) groups excluding carboxylic acids is 1. The number of imidazole rings is 1. The Morgan fingerprint density at radius 1 is 0.970 bits per heavy atom. The van der Waals surface area contributed by atoms with Gasteiger partial charge in [-0.15, -0.1) is 0 Å². The summed E-state index contributed by atoms with van der Waals surface area (Å²) in [5.41, 5.74) is 11.0. The SMILES string of the molecule is Cc1ccc(C(=O)N(CCN)C(c2nc3ccccc3n2Cc2ccccc2)C(C)C)cc1. The predicted octanol–water partition coefficient (Wildman–Crippen LogP) is 5.19. The second-order valence-corrected chi connectivity index (χ2v) is 8.87. The fraction of sp³-hybridized carbons (Fsp3) is 0.286. The van der Waals surface area contributed by atoms with E-state index in [0.717, 1.165) is 22.4 Å². The zero-order valence-corrected chi connectivity index (χ0v) is 19.6. The third-order valence-electron chi connectivity index (χ3n) is 6.03. The van der Waals surface area contributed by atoms with Gasteiger partial charge in [0, 0.05) is 25.2 Å². The minimum atomic E-state index is -0.210. The van der Waals surface area contributed by atoms with Gasteiger partial charge in [0.15, 0.2) is 0 Å². The molecule has 3 aromatic carbocycles. The van der Waals surface area contributed by atoms with Crippen LogP contribution in [0.5, 0.6) is 0 Å². The summed E-state index contributed by atoms with van der Waals surface area (Å²) in [5, 5.41) is 0. The lowest BCUT2D eigenvalue weighted by Crippen LogP contribution is -2.41. The summed E-state index contributed by atoms with van der Waals surface area (Å²) in [6, 6.07) is 26.1. The van der Waals surface area contributed by atoms with Crippen molar-refractivity contribution in [3.05, 3.63) is 101 Å². The molecule has 0 saturated carbocycles. The molecule has 2 N–H and O–H groups in total. The number of nitrogens with zero attached hydrogens (tertiary/aromatic N) is 3. The van der Waals surface area contributed by atoms with Crippen LogP contribution in [0.4, 0.5) is 0 Å². The van der Waals surface area contributed by atoms with E-state index in [9.17, 15) is 4.79 Å². The molecule has 1 unspecified atom stereocenters. The summed E-state index contributed by atoms with van der Waals surface area (Å²) in [7, 11) is 0. The third-order valence-corrected chi connectivity index (χ3v) is 6.03. The van der Waals surface area contributed by atoms with Crippen molar-refractivity contribution in [2.75, 3.05) is 13.1 Å². The standard InChI is InChI=1S/C28H32N4O/c1-20(2)26(31(18-17-29)28(33)23-15-13-21(3)14-16-23)27-30-24-11-7-8-12-25(24)32(27)19-22-9-5-4-6-10-22/h4-16,20,26H,17-19,29H2,1-3H3. The quantitative estimate of drug-likeness (QED) is 0.410. The molecule has 0 saturated heterocycles. The molecule has 1 heterocycles. The number of aryl methyl sites for hydroxylation is 1. The average molecular weight is 441 g/mol. The molecule has 0 aliphatic heterocycles. The largest absolute Gasteiger partial charge is 0.329 e. The minimum absolute atomic E-state index is 0.0162. The molecule has 5 heteroatoms. The summed E-state index contributed by atoms with van der Waals surface area (Å²) >= 11 is 0. The Bertz CT molecular complexity index is 1210. The zero-order valence-electron chi connectivity index (χ0n) is 19.6. The highest BCUT2D eigenvalue weighted by Crippen LogP contribution is 2.32. The van der Waals surface area contributed by atoms with Crippen LogP contribution in [-0.2, 0) is 6.54 Å². The lowest BCUT2D eigenvalue weighted by Gasteiger charge is -2.34. The van der Waals surface area contributed by atoms with Crippen molar-refractivity contribution in [3.8, 4) is 0 Å². The van der Waals surface area contributed by atoms with Crippen molar-refractivity contribution in [3.63, 3.8) is 0 Å². The maximum atomic E-state index is 13.7. The van der Waals surface area contributed by atoms with Gasteiger partial charge in [0.05, 0.1) is 17.1 Å². The van der Waals surface area contributed by atoms with Crippen LogP contribution < -0.4 is 5.73 Å². The predicted molar refractivity (Wildman–Crippen MR) is 134 cm³/mol. The molecular formula is C28H32N4O. The second kappa shape index (κ2) is 10.0. The number of nitrogens with two attached hydrogens (primary N) is 1. The Labute approximate surface area is 195 Å². The van der Waals surface area contributed by atoms with Gasteiger partial charge >= 0.3 is 0 Å². The van der Waals surface area contributed by atoms with Crippen molar-refractivity contribution in [1.29, 1.82) is 0 Å². The summed E-state index contributed by atoms with van der Waals surface area (Å²) in [5.74, 6) is 1.03. The van der Waals surface area contributed by atoms with E-state index >= 15 is 0 Å². The summed E-state index contributed by atoms with van der Waals surface area (Å²) < 4.78 is 2.25. The van der Waals surface area contributed by atoms with E-state index < -0.39 is 0 Å². The summed E-state index contributed by atoms with van der Waals surface area (Å²) in [6.45, 7) is 7.85. The van der Waals surface area contributed by atoms with Crippen LogP contribution >= 0.6 is 0 Å². The van der Waals surface area contributed by atoms with Crippen LogP contribution in [0.1, 0.15) is 47.2 Å². The van der Waals surface area contributed by atoms with Crippen molar-refractivity contribution in [1.82, 2.24) is 14.5 Å². The molecule has 0 spiro atoms. The van der Waals surface area contributed by atoms with Gasteiger partial charge in [0.25, 0.3) is 5.91 Å². The second-order valence-electron chi connectivity index (χ2n) is 8.87. The van der Waals surface area contributed by atoms with Gasteiger partial charge in [0.2, 0.25) is 0 Å². The molecule has 4 rings (SSSR count). The van der Waals surface area contributed by atoms with Crippen molar-refractivity contribution < 1.29 is 4.79 Å². The van der Waals surface area contributed by atoms with Crippen LogP contribution in [0.2, 0.25) is 0 Å². The third kappa shape index (κ3) is 4.83. The number of hydrogen-bond acceptors (Lipinski definition) is 3. The van der Waals surface area contributed by atoms with Gasteiger partial charge < -0.3 is 15.2 Å². The molecule has 33 heavy (non-hydrogen) atoms. The number of hydrogen-bond donors (Lipinski definition) is 1. The maximum Gasteiger partial charge on any atom is 0.254 e. The molecule has 5 nitrogen and oxygen atoms in total. The Morgan fingerprint density at radius 2 is 1.64 bits per heavy atom. The Kier molecular flexibility index (Phi) is 6.90. The summed E-state index contributed by atoms with van der Waals surface area (Å²) in [6.07, 6.45) is 0. The monoisotopic (exact) mass is 440 g/mol. The molecule has 170 valence electrons. The van der Waals surface area contributed by atoms with E-state index in [1.165, 1.54) is 5.56 Å². The van der Waals surface area contributed by atoms with Crippen molar-refractivity contribution >= 4 is 16.9 Å². The average Bonchev–Trinajstić information content (AvgIpc) is 3.17. The number of benzene rings is 3. The fourth-order valence-electron chi connectivity index (χ4n) is 4.42. The number of aromatic nitrogens is 2. The van der Waals surface area contributed by atoms with Gasteiger partial charge in [-0.1, -0.05) is 74.0 Å². The van der Waals surface area contributed by atoms with Crippen LogP contribution in [0.15, 0.2) is 78.9 Å². The Balaban J connectivity index is 1.83. The highest BCUT2D eigenvalue weighted by molar-refractivity contribution is 5.94. The van der Waals surface area contributed by atoms with Crippen LogP contribution in [0, 0.1) is 12.8 Å². The van der Waals surface area contributed by atoms with Gasteiger partial charge in [-0.05, 0) is 42.7 Å². The first-order valence-corrected chi connectivity index (χ1v) is 11.6. The van der Waals surface area contributed by atoms with Gasteiger partial charge in [-0.25, -0.2) is 4.98 Å². The molecule has 4 aromatic rings. The highest BCUT2D eigenvalue weighted by Gasteiger charge is 2.32.